The highest BCUT2D eigenvalue weighted by Gasteiger charge is 2.19. The largest absolute Gasteiger partial charge is 0.462 e. The predicted octanol–water partition coefficient (Wildman–Crippen LogP) is 17.1. The number of rotatable bonds is 48. The van der Waals surface area contributed by atoms with Gasteiger partial charge in [-0.15, -0.1) is 0 Å². The number of unbranched alkanes of at least 4 members (excludes halogenated alkanes) is 34. The minimum atomic E-state index is -0.761. The van der Waals surface area contributed by atoms with Crippen molar-refractivity contribution in [3.63, 3.8) is 0 Å². The molecule has 0 radical (unpaired) electrons. The maximum absolute atomic E-state index is 12.7. The lowest BCUT2D eigenvalue weighted by molar-refractivity contribution is -0.167. The molecule has 0 saturated heterocycles. The molecule has 2 atom stereocenters. The first-order valence-electron chi connectivity index (χ1n) is 26.4. The third-order valence-corrected chi connectivity index (χ3v) is 12.4. The Balaban J connectivity index is 4.24. The molecule has 0 heterocycles. The lowest BCUT2D eigenvalue weighted by Crippen LogP contribution is -2.30. The summed E-state index contributed by atoms with van der Waals surface area (Å²) in [6.45, 7) is 9.00. The van der Waals surface area contributed by atoms with Gasteiger partial charge in [0.25, 0.3) is 0 Å². The van der Waals surface area contributed by atoms with E-state index in [4.69, 9.17) is 14.2 Å². The summed E-state index contributed by atoms with van der Waals surface area (Å²) in [5.74, 6) is -0.0374. The van der Waals surface area contributed by atoms with Crippen LogP contribution in [0.4, 0.5) is 0 Å². The van der Waals surface area contributed by atoms with Gasteiger partial charge < -0.3 is 14.2 Å². The van der Waals surface area contributed by atoms with Gasteiger partial charge in [-0.05, 0) is 25.2 Å². The SMILES string of the molecule is CCCCCCCCCCCCCCCCCCCCC(=O)OC[C@@H](COC(=O)CCCCCCCCCCCCCCC)OC(=O)CCCCCCCCC(C)CC. The van der Waals surface area contributed by atoms with Crippen molar-refractivity contribution in [3.05, 3.63) is 0 Å². The molecule has 0 aliphatic carbocycles. The van der Waals surface area contributed by atoms with E-state index in [1.54, 1.807) is 0 Å². The summed E-state index contributed by atoms with van der Waals surface area (Å²) in [6, 6.07) is 0. The van der Waals surface area contributed by atoms with E-state index in [0.29, 0.717) is 19.3 Å². The number of hydrogen-bond donors (Lipinski definition) is 0. The van der Waals surface area contributed by atoms with E-state index in [1.807, 2.05) is 0 Å². The molecule has 0 bridgehead atoms. The molecule has 0 aliphatic rings. The zero-order valence-electron chi connectivity index (χ0n) is 40.2. The number of ether oxygens (including phenoxy) is 3. The lowest BCUT2D eigenvalue weighted by Gasteiger charge is -2.18. The van der Waals surface area contributed by atoms with E-state index in [1.165, 1.54) is 193 Å². The standard InChI is InChI=1S/C53H102O6/c1-5-8-10-12-14-16-18-20-21-22-23-24-26-28-30-32-37-41-45-52(55)58-48-50(59-53(56)46-42-38-34-33-35-39-43-49(4)7-3)47-57-51(54)44-40-36-31-29-27-25-19-17-15-13-11-9-6-2/h49-50H,5-48H2,1-4H3/t49?,50-/m1/s1. The average Bonchev–Trinajstić information content (AvgIpc) is 3.23. The van der Waals surface area contributed by atoms with Gasteiger partial charge in [-0.3, -0.25) is 14.4 Å². The smallest absolute Gasteiger partial charge is 0.306 e. The maximum atomic E-state index is 12.7. The van der Waals surface area contributed by atoms with E-state index >= 15 is 0 Å². The molecule has 1 unspecified atom stereocenters. The van der Waals surface area contributed by atoms with Crippen LogP contribution in [0.5, 0.6) is 0 Å². The molecule has 0 aromatic rings. The third-order valence-electron chi connectivity index (χ3n) is 12.4. The van der Waals surface area contributed by atoms with Crippen LogP contribution in [-0.2, 0) is 28.6 Å². The molecule has 0 aliphatic heterocycles. The van der Waals surface area contributed by atoms with Gasteiger partial charge >= 0.3 is 17.9 Å². The van der Waals surface area contributed by atoms with Crippen molar-refractivity contribution in [2.24, 2.45) is 5.92 Å². The van der Waals surface area contributed by atoms with Crippen LogP contribution in [0.1, 0.15) is 297 Å². The van der Waals surface area contributed by atoms with Crippen LogP contribution in [0.2, 0.25) is 0 Å². The normalized spacial score (nSPS) is 12.4. The quantitative estimate of drug-likeness (QED) is 0.0345. The van der Waals surface area contributed by atoms with Crippen molar-refractivity contribution in [1.29, 1.82) is 0 Å². The van der Waals surface area contributed by atoms with E-state index in [-0.39, 0.29) is 31.1 Å². The molecule has 0 spiro atoms. The minimum Gasteiger partial charge on any atom is -0.462 e. The van der Waals surface area contributed by atoms with Crippen molar-refractivity contribution in [1.82, 2.24) is 0 Å². The summed E-state index contributed by atoms with van der Waals surface area (Å²) in [6.07, 6.45) is 49.5. The Morgan fingerprint density at radius 3 is 0.881 bits per heavy atom. The van der Waals surface area contributed by atoms with Crippen molar-refractivity contribution in [3.8, 4) is 0 Å². The van der Waals surface area contributed by atoms with Crippen molar-refractivity contribution < 1.29 is 28.6 Å². The molecule has 0 aromatic carbocycles. The second kappa shape index (κ2) is 47.5. The van der Waals surface area contributed by atoms with E-state index < -0.39 is 6.10 Å². The zero-order chi connectivity index (χ0) is 43.1. The van der Waals surface area contributed by atoms with Gasteiger partial charge in [0.1, 0.15) is 13.2 Å². The zero-order valence-corrected chi connectivity index (χ0v) is 40.2. The average molecular weight is 835 g/mol. The van der Waals surface area contributed by atoms with Crippen LogP contribution in [0.3, 0.4) is 0 Å². The molecule has 0 aromatic heterocycles. The van der Waals surface area contributed by atoms with Crippen molar-refractivity contribution >= 4 is 17.9 Å². The topological polar surface area (TPSA) is 78.9 Å². The maximum Gasteiger partial charge on any atom is 0.306 e. The van der Waals surface area contributed by atoms with Crippen LogP contribution in [0, 0.1) is 5.92 Å². The Morgan fingerprint density at radius 1 is 0.339 bits per heavy atom. The van der Waals surface area contributed by atoms with Crippen LogP contribution < -0.4 is 0 Å². The van der Waals surface area contributed by atoms with Crippen LogP contribution in [-0.4, -0.2) is 37.2 Å². The van der Waals surface area contributed by atoms with Crippen LogP contribution in [0.15, 0.2) is 0 Å². The summed E-state index contributed by atoms with van der Waals surface area (Å²) in [5, 5.41) is 0. The van der Waals surface area contributed by atoms with Gasteiger partial charge in [-0.25, -0.2) is 0 Å². The van der Waals surface area contributed by atoms with Crippen LogP contribution in [0.25, 0.3) is 0 Å². The minimum absolute atomic E-state index is 0.0637. The highest BCUT2D eigenvalue weighted by atomic mass is 16.6. The first kappa shape index (κ1) is 57.4. The van der Waals surface area contributed by atoms with E-state index in [9.17, 15) is 14.4 Å². The summed E-state index contributed by atoms with van der Waals surface area (Å²) in [7, 11) is 0. The molecule has 350 valence electrons. The predicted molar refractivity (Wildman–Crippen MR) is 252 cm³/mol. The number of esters is 3. The monoisotopic (exact) mass is 835 g/mol. The first-order valence-corrected chi connectivity index (χ1v) is 26.4. The fourth-order valence-electron chi connectivity index (χ4n) is 8.01. The van der Waals surface area contributed by atoms with Gasteiger partial charge in [-0.2, -0.15) is 0 Å². The van der Waals surface area contributed by atoms with Gasteiger partial charge in [-0.1, -0.05) is 259 Å². The van der Waals surface area contributed by atoms with Gasteiger partial charge in [0.05, 0.1) is 0 Å². The molecule has 6 heteroatoms. The third kappa shape index (κ3) is 45.8. The first-order chi connectivity index (χ1) is 28.9. The molecule has 0 rings (SSSR count). The lowest BCUT2D eigenvalue weighted by atomic mass is 10.00. The molecule has 6 nitrogen and oxygen atoms in total. The van der Waals surface area contributed by atoms with E-state index in [2.05, 4.69) is 27.7 Å². The molecule has 0 N–H and O–H groups in total. The Kier molecular flexibility index (Phi) is 46.2. The molecule has 0 amide bonds. The highest BCUT2D eigenvalue weighted by Crippen LogP contribution is 2.18. The molecule has 0 saturated carbocycles. The van der Waals surface area contributed by atoms with Crippen LogP contribution >= 0.6 is 0 Å². The number of hydrogen-bond acceptors (Lipinski definition) is 6. The Morgan fingerprint density at radius 2 is 0.593 bits per heavy atom. The van der Waals surface area contributed by atoms with Gasteiger partial charge in [0.15, 0.2) is 6.10 Å². The Labute approximate surface area is 368 Å². The Hall–Kier alpha value is -1.59. The molecule has 0 fully saturated rings. The highest BCUT2D eigenvalue weighted by molar-refractivity contribution is 5.71. The fraction of sp³-hybridized carbons (Fsp3) is 0.943. The second-order valence-corrected chi connectivity index (χ2v) is 18.4. The molecule has 59 heavy (non-hydrogen) atoms. The Bertz CT molecular complexity index is 889. The second-order valence-electron chi connectivity index (χ2n) is 18.4. The summed E-state index contributed by atoms with van der Waals surface area (Å²) < 4.78 is 16.8. The van der Waals surface area contributed by atoms with Crippen molar-refractivity contribution in [2.45, 2.75) is 303 Å². The van der Waals surface area contributed by atoms with Gasteiger partial charge in [0.2, 0.25) is 0 Å². The summed E-state index contributed by atoms with van der Waals surface area (Å²) in [4.78, 5) is 37.9. The molecular formula is C53H102O6. The fourth-order valence-corrected chi connectivity index (χ4v) is 8.01. The number of carbonyl (C=O) groups is 3. The van der Waals surface area contributed by atoms with Gasteiger partial charge in [0, 0.05) is 19.3 Å². The summed E-state index contributed by atoms with van der Waals surface area (Å²) >= 11 is 0. The van der Waals surface area contributed by atoms with E-state index in [0.717, 1.165) is 63.7 Å². The molecular weight excluding hydrogens is 733 g/mol. The summed E-state index contributed by atoms with van der Waals surface area (Å²) in [5.41, 5.74) is 0. The van der Waals surface area contributed by atoms with Crippen molar-refractivity contribution in [2.75, 3.05) is 13.2 Å². The number of carbonyl (C=O) groups excluding carboxylic acids is 3.